The lowest BCUT2D eigenvalue weighted by Gasteiger charge is -2.21. The highest BCUT2D eigenvalue weighted by Crippen LogP contribution is 2.45. The third-order valence-electron chi connectivity index (χ3n) is 5.35. The van der Waals surface area contributed by atoms with Crippen molar-refractivity contribution in [3.05, 3.63) is 33.1 Å². The lowest BCUT2D eigenvalue weighted by atomic mass is 9.98. The number of halogens is 1. The van der Waals surface area contributed by atoms with Gasteiger partial charge in [0.25, 0.3) is 11.8 Å². The average molecular weight is 481 g/mol. The quantitative estimate of drug-likeness (QED) is 0.375. The Kier molecular flexibility index (Phi) is 6.99. The Bertz CT molecular complexity index is 853. The first kappa shape index (κ1) is 21.5. The molecule has 1 aromatic rings. The molecule has 2 aliphatic heterocycles. The van der Waals surface area contributed by atoms with Gasteiger partial charge in [0.1, 0.15) is 4.32 Å². The maximum absolute atomic E-state index is 13.2. The summed E-state index contributed by atoms with van der Waals surface area (Å²) in [4.78, 5) is 30.2. The second-order valence-electron chi connectivity index (χ2n) is 7.12. The minimum absolute atomic E-state index is 0.117. The zero-order chi connectivity index (χ0) is 20.4. The van der Waals surface area contributed by atoms with Crippen LogP contribution in [0.25, 0.3) is 5.57 Å². The summed E-state index contributed by atoms with van der Waals surface area (Å²) in [6.45, 7) is 7.47. The van der Waals surface area contributed by atoms with Crippen molar-refractivity contribution in [1.29, 1.82) is 0 Å². The fraction of sp³-hybridized carbons (Fsp3) is 0.476. The van der Waals surface area contributed by atoms with Gasteiger partial charge in [-0.3, -0.25) is 14.5 Å². The van der Waals surface area contributed by atoms with E-state index in [-0.39, 0.29) is 11.8 Å². The summed E-state index contributed by atoms with van der Waals surface area (Å²) in [7, 11) is 0. The summed E-state index contributed by atoms with van der Waals surface area (Å²) >= 11 is 10.3. The van der Waals surface area contributed by atoms with Crippen molar-refractivity contribution in [1.82, 2.24) is 4.90 Å². The minimum Gasteiger partial charge on any atom is -0.308 e. The fourth-order valence-electron chi connectivity index (χ4n) is 3.72. The molecule has 0 saturated carbocycles. The lowest BCUT2D eigenvalue weighted by Crippen LogP contribution is -2.33. The highest BCUT2D eigenvalue weighted by atomic mass is 79.9. The largest absolute Gasteiger partial charge is 0.308 e. The van der Waals surface area contributed by atoms with Crippen molar-refractivity contribution in [2.24, 2.45) is 5.92 Å². The van der Waals surface area contributed by atoms with Gasteiger partial charge in [-0.1, -0.05) is 73.0 Å². The Morgan fingerprint density at radius 1 is 1.14 bits per heavy atom. The first-order valence-electron chi connectivity index (χ1n) is 9.82. The van der Waals surface area contributed by atoms with E-state index in [0.717, 1.165) is 41.4 Å². The number of unbranched alkanes of at least 4 members (excludes halogenated alkanes) is 1. The molecule has 2 heterocycles. The van der Waals surface area contributed by atoms with Crippen LogP contribution in [0.3, 0.4) is 0 Å². The maximum atomic E-state index is 13.2. The molecule has 0 aliphatic carbocycles. The van der Waals surface area contributed by atoms with Crippen molar-refractivity contribution < 1.29 is 9.59 Å². The second-order valence-corrected chi connectivity index (χ2v) is 9.68. The smallest absolute Gasteiger partial charge is 0.267 e. The molecule has 2 amide bonds. The van der Waals surface area contributed by atoms with Gasteiger partial charge < -0.3 is 4.90 Å². The number of benzene rings is 1. The molecule has 1 unspecified atom stereocenters. The maximum Gasteiger partial charge on any atom is 0.267 e. The zero-order valence-corrected chi connectivity index (χ0v) is 19.7. The van der Waals surface area contributed by atoms with E-state index in [4.69, 9.17) is 12.2 Å². The summed E-state index contributed by atoms with van der Waals surface area (Å²) in [5, 5.41) is 0. The van der Waals surface area contributed by atoms with Gasteiger partial charge in [0.2, 0.25) is 0 Å². The number of carbonyl (C=O) groups excluding carboxylic acids is 2. The van der Waals surface area contributed by atoms with Gasteiger partial charge >= 0.3 is 0 Å². The number of fused-ring (bicyclic) bond motifs is 1. The molecule has 0 radical (unpaired) electrons. The predicted molar refractivity (Wildman–Crippen MR) is 124 cm³/mol. The number of hydrogen-bond acceptors (Lipinski definition) is 4. The Balaban J connectivity index is 1.97. The summed E-state index contributed by atoms with van der Waals surface area (Å²) in [6, 6.07) is 5.76. The fourth-order valence-corrected chi connectivity index (χ4v) is 5.43. The lowest BCUT2D eigenvalue weighted by molar-refractivity contribution is -0.123. The molecule has 1 saturated heterocycles. The van der Waals surface area contributed by atoms with E-state index in [1.807, 2.05) is 25.1 Å². The Morgan fingerprint density at radius 3 is 2.54 bits per heavy atom. The Morgan fingerprint density at radius 2 is 1.89 bits per heavy atom. The summed E-state index contributed by atoms with van der Waals surface area (Å²) in [5.74, 6) is 0.186. The normalized spacial score (nSPS) is 20.4. The average Bonchev–Trinajstić information content (AvgIpc) is 3.10. The van der Waals surface area contributed by atoms with Crippen LogP contribution in [0.5, 0.6) is 0 Å². The van der Waals surface area contributed by atoms with Crippen molar-refractivity contribution in [2.45, 2.75) is 46.5 Å². The molecule has 1 aromatic carbocycles. The second kappa shape index (κ2) is 9.09. The van der Waals surface area contributed by atoms with Gasteiger partial charge in [0.05, 0.1) is 16.2 Å². The molecule has 150 valence electrons. The molecule has 0 aromatic heterocycles. The SMILES string of the molecule is CCCCC(CC)CN1C(=O)/C(=C2/C(=O)N(CC)c3ccc(Br)cc32)SC1=S. The van der Waals surface area contributed by atoms with Crippen molar-refractivity contribution in [3.8, 4) is 0 Å². The Hall–Kier alpha value is -1.18. The van der Waals surface area contributed by atoms with Crippen molar-refractivity contribution in [3.63, 3.8) is 0 Å². The topological polar surface area (TPSA) is 40.6 Å². The Labute approximate surface area is 184 Å². The van der Waals surface area contributed by atoms with E-state index >= 15 is 0 Å². The van der Waals surface area contributed by atoms with E-state index in [2.05, 4.69) is 29.8 Å². The third-order valence-corrected chi connectivity index (χ3v) is 7.30. The standard InChI is InChI=1S/C21H25BrN2O2S2/c1-4-7-8-13(5-2)12-24-20(26)18(28-21(24)27)17-15-11-14(22)9-10-16(15)23(6-3)19(17)25/h9-11,13H,4-8,12H2,1-3H3/b18-17-. The number of likely N-dealkylation sites (N-methyl/N-ethyl adjacent to an activating group) is 1. The highest BCUT2D eigenvalue weighted by Gasteiger charge is 2.42. The number of anilines is 1. The van der Waals surface area contributed by atoms with Crippen LogP contribution < -0.4 is 4.90 Å². The number of thiocarbonyl (C=S) groups is 1. The summed E-state index contributed by atoms with van der Waals surface area (Å²) in [6.07, 6.45) is 4.40. The van der Waals surface area contributed by atoms with E-state index in [1.165, 1.54) is 11.8 Å². The van der Waals surface area contributed by atoms with E-state index in [0.29, 0.717) is 33.8 Å². The predicted octanol–water partition coefficient (Wildman–Crippen LogP) is 5.60. The first-order valence-corrected chi connectivity index (χ1v) is 11.8. The van der Waals surface area contributed by atoms with E-state index < -0.39 is 0 Å². The van der Waals surface area contributed by atoms with Crippen LogP contribution in [0.2, 0.25) is 0 Å². The van der Waals surface area contributed by atoms with Gasteiger partial charge in [0, 0.05) is 23.1 Å². The molecule has 0 spiro atoms. The number of thioether (sulfide) groups is 1. The van der Waals surface area contributed by atoms with Gasteiger partial charge in [-0.15, -0.1) is 0 Å². The molecule has 1 fully saturated rings. The third kappa shape index (κ3) is 3.94. The number of nitrogens with zero attached hydrogens (tertiary/aromatic N) is 2. The van der Waals surface area contributed by atoms with Gasteiger partial charge in [0.15, 0.2) is 0 Å². The zero-order valence-electron chi connectivity index (χ0n) is 16.5. The summed E-state index contributed by atoms with van der Waals surface area (Å²) in [5.41, 5.74) is 2.14. The molecule has 2 aliphatic rings. The number of amides is 2. The van der Waals surface area contributed by atoms with Crippen LogP contribution in [-0.4, -0.2) is 34.1 Å². The number of rotatable bonds is 7. The van der Waals surface area contributed by atoms with Crippen LogP contribution in [0.15, 0.2) is 27.6 Å². The molecule has 3 rings (SSSR count). The highest BCUT2D eigenvalue weighted by molar-refractivity contribution is 9.10. The molecule has 28 heavy (non-hydrogen) atoms. The molecular weight excluding hydrogens is 456 g/mol. The van der Waals surface area contributed by atoms with Crippen LogP contribution >= 0.6 is 39.9 Å². The van der Waals surface area contributed by atoms with E-state index in [9.17, 15) is 9.59 Å². The van der Waals surface area contributed by atoms with Crippen LogP contribution in [0.1, 0.15) is 52.0 Å². The van der Waals surface area contributed by atoms with Crippen LogP contribution in [-0.2, 0) is 9.59 Å². The molecule has 4 nitrogen and oxygen atoms in total. The molecule has 0 bridgehead atoms. The molecule has 1 atom stereocenters. The minimum atomic E-state index is -0.128. The number of carbonyl (C=O) groups is 2. The summed E-state index contributed by atoms with van der Waals surface area (Å²) < 4.78 is 1.44. The molecular formula is C21H25BrN2O2S2. The molecule has 7 heteroatoms. The van der Waals surface area contributed by atoms with E-state index in [1.54, 1.807) is 9.80 Å². The van der Waals surface area contributed by atoms with Gasteiger partial charge in [-0.05, 0) is 37.5 Å². The first-order chi connectivity index (χ1) is 13.4. The van der Waals surface area contributed by atoms with Crippen LogP contribution in [0.4, 0.5) is 5.69 Å². The number of hydrogen-bond donors (Lipinski definition) is 0. The van der Waals surface area contributed by atoms with Gasteiger partial charge in [-0.25, -0.2) is 0 Å². The molecule has 0 N–H and O–H groups in total. The van der Waals surface area contributed by atoms with Crippen molar-refractivity contribution in [2.75, 3.05) is 18.0 Å². The van der Waals surface area contributed by atoms with Gasteiger partial charge in [-0.2, -0.15) is 0 Å². The van der Waals surface area contributed by atoms with Crippen LogP contribution in [0, 0.1) is 5.92 Å². The monoisotopic (exact) mass is 480 g/mol. The van der Waals surface area contributed by atoms with Crippen molar-refractivity contribution >= 4 is 67.3 Å².